The van der Waals surface area contributed by atoms with Crippen LogP contribution in [0, 0.1) is 0 Å². The summed E-state index contributed by atoms with van der Waals surface area (Å²) in [5.41, 5.74) is 1.16. The minimum absolute atomic E-state index is 0.0684. The molecule has 0 fully saturated rings. The highest BCUT2D eigenvalue weighted by Crippen LogP contribution is 2.28. The fraction of sp³-hybridized carbons (Fsp3) is 0. The van der Waals surface area contributed by atoms with Crippen molar-refractivity contribution in [2.24, 2.45) is 0 Å². The highest BCUT2D eigenvalue weighted by atomic mass is 28.2. The fourth-order valence-corrected chi connectivity index (χ4v) is 1.90. The van der Waals surface area contributed by atoms with Crippen LogP contribution in [0.5, 0.6) is 11.5 Å². The lowest BCUT2D eigenvalue weighted by Crippen LogP contribution is -2.02. The van der Waals surface area contributed by atoms with Crippen LogP contribution < -0.4 is 8.85 Å². The van der Waals surface area contributed by atoms with Gasteiger partial charge in [0.15, 0.2) is 5.78 Å². The second kappa shape index (κ2) is 5.66. The molecule has 86 valence electrons. The summed E-state index contributed by atoms with van der Waals surface area (Å²) in [6, 6.07) is 14.0. The number of benzene rings is 2. The van der Waals surface area contributed by atoms with Crippen LogP contribution in [0.25, 0.3) is 0 Å². The van der Waals surface area contributed by atoms with Crippen molar-refractivity contribution in [1.82, 2.24) is 0 Å². The number of carbonyl (C=O) groups excluding carboxylic acids is 1. The highest BCUT2D eigenvalue weighted by molar-refractivity contribution is 6.09. The van der Waals surface area contributed by atoms with Gasteiger partial charge in [0, 0.05) is 11.1 Å². The van der Waals surface area contributed by atoms with Crippen molar-refractivity contribution in [2.45, 2.75) is 0 Å². The molecule has 2 aromatic carbocycles. The maximum Gasteiger partial charge on any atom is 0.341 e. The zero-order valence-electron chi connectivity index (χ0n) is 9.34. The van der Waals surface area contributed by atoms with E-state index in [9.17, 15) is 4.79 Å². The van der Waals surface area contributed by atoms with E-state index in [4.69, 9.17) is 8.85 Å². The number of hydrogen-bond donors (Lipinski definition) is 0. The monoisotopic (exact) mass is 268 g/mol. The summed E-state index contributed by atoms with van der Waals surface area (Å²) in [4.78, 5) is 12.2. The van der Waals surface area contributed by atoms with Crippen LogP contribution in [0.2, 0.25) is 0 Å². The first-order valence-corrected chi connectivity index (χ1v) is 5.99. The molecule has 5 heteroatoms. The van der Waals surface area contributed by atoms with Gasteiger partial charge in [0.2, 0.25) is 0 Å². The molecular formula is C13H8O3Si2. The molecule has 0 heterocycles. The topological polar surface area (TPSA) is 35.5 Å². The molecule has 0 aliphatic rings. The number of rotatable bonds is 4. The molecule has 0 aromatic heterocycles. The standard InChI is InChI=1S/C13H8O3Si2/c14-13(9-4-2-1-3-5-9)10-6-7-11(15-17)12(8-10)16-18/h1-8H. The molecule has 2 aromatic rings. The van der Waals surface area contributed by atoms with E-state index in [-0.39, 0.29) is 5.78 Å². The maximum absolute atomic E-state index is 12.2. The number of carbonyl (C=O) groups is 1. The zero-order valence-corrected chi connectivity index (χ0v) is 11.3. The first kappa shape index (κ1) is 12.6. The Morgan fingerprint density at radius 1 is 0.833 bits per heavy atom. The molecule has 2 rings (SSSR count). The van der Waals surface area contributed by atoms with Crippen LogP contribution in [0.3, 0.4) is 0 Å². The van der Waals surface area contributed by atoms with E-state index in [0.717, 1.165) is 0 Å². The van der Waals surface area contributed by atoms with Gasteiger partial charge >= 0.3 is 21.0 Å². The van der Waals surface area contributed by atoms with Crippen LogP contribution in [-0.4, -0.2) is 26.8 Å². The summed E-state index contributed by atoms with van der Waals surface area (Å²) in [6.07, 6.45) is 0. The van der Waals surface area contributed by atoms with Gasteiger partial charge in [-0.1, -0.05) is 30.3 Å². The third-order valence-electron chi connectivity index (χ3n) is 2.46. The molecule has 0 saturated carbocycles. The Morgan fingerprint density at radius 3 is 2.11 bits per heavy atom. The van der Waals surface area contributed by atoms with Crippen molar-refractivity contribution in [1.29, 1.82) is 0 Å². The molecule has 0 aliphatic heterocycles. The van der Waals surface area contributed by atoms with Gasteiger partial charge in [0.05, 0.1) is 0 Å². The van der Waals surface area contributed by atoms with E-state index in [1.165, 1.54) is 0 Å². The van der Waals surface area contributed by atoms with Crippen molar-refractivity contribution in [3.8, 4) is 11.5 Å². The van der Waals surface area contributed by atoms with Crippen molar-refractivity contribution in [3.63, 3.8) is 0 Å². The van der Waals surface area contributed by atoms with Gasteiger partial charge in [-0.05, 0) is 18.2 Å². The van der Waals surface area contributed by atoms with Crippen LogP contribution in [-0.2, 0) is 0 Å². The number of hydrogen-bond acceptors (Lipinski definition) is 3. The normalized spacial score (nSPS) is 9.89. The molecule has 0 N–H and O–H groups in total. The van der Waals surface area contributed by atoms with Crippen molar-refractivity contribution >= 4 is 26.8 Å². The van der Waals surface area contributed by atoms with Gasteiger partial charge in [-0.2, -0.15) is 0 Å². The van der Waals surface area contributed by atoms with E-state index >= 15 is 0 Å². The smallest absolute Gasteiger partial charge is 0.341 e. The quantitative estimate of drug-likeness (QED) is 0.627. The Balaban J connectivity index is 2.37. The molecule has 0 spiro atoms. The fourth-order valence-electron chi connectivity index (χ4n) is 1.57. The minimum Gasteiger partial charge on any atom is -0.538 e. The van der Waals surface area contributed by atoms with Crippen molar-refractivity contribution in [2.75, 3.05) is 0 Å². The Kier molecular flexibility index (Phi) is 3.96. The third kappa shape index (κ3) is 2.52. The Morgan fingerprint density at radius 2 is 1.50 bits per heavy atom. The van der Waals surface area contributed by atoms with Gasteiger partial charge in [-0.3, -0.25) is 4.79 Å². The first-order valence-electron chi connectivity index (χ1n) is 5.17. The molecule has 3 nitrogen and oxygen atoms in total. The first-order chi connectivity index (χ1) is 8.76. The van der Waals surface area contributed by atoms with Gasteiger partial charge in [-0.25, -0.2) is 0 Å². The lowest BCUT2D eigenvalue weighted by Gasteiger charge is -2.09. The van der Waals surface area contributed by atoms with Crippen molar-refractivity contribution < 1.29 is 13.6 Å². The largest absolute Gasteiger partial charge is 0.538 e. The molecule has 0 atom stereocenters. The summed E-state index contributed by atoms with van der Waals surface area (Å²) < 4.78 is 9.87. The lowest BCUT2D eigenvalue weighted by atomic mass is 10.0. The third-order valence-corrected chi connectivity index (χ3v) is 2.90. The van der Waals surface area contributed by atoms with E-state index in [2.05, 4.69) is 21.0 Å². The Labute approximate surface area is 112 Å². The minimum atomic E-state index is -0.0684. The SMILES string of the molecule is O=C(c1ccccc1)c1ccc(O[Si])c(O[Si])c1. The second-order valence-corrected chi connectivity index (χ2v) is 3.97. The summed E-state index contributed by atoms with van der Waals surface area (Å²) in [6.45, 7) is 0. The number of ketones is 1. The van der Waals surface area contributed by atoms with E-state index in [1.54, 1.807) is 30.3 Å². The molecule has 18 heavy (non-hydrogen) atoms. The molecule has 6 radical (unpaired) electrons. The maximum atomic E-state index is 12.2. The molecule has 0 amide bonds. The van der Waals surface area contributed by atoms with E-state index in [1.807, 2.05) is 18.2 Å². The van der Waals surface area contributed by atoms with Crippen molar-refractivity contribution in [3.05, 3.63) is 59.7 Å². The summed E-state index contributed by atoms with van der Waals surface area (Å²) >= 11 is 0. The van der Waals surface area contributed by atoms with Crippen LogP contribution in [0.4, 0.5) is 0 Å². The molecule has 0 aliphatic carbocycles. The second-order valence-electron chi connectivity index (χ2n) is 3.56. The summed E-state index contributed by atoms with van der Waals surface area (Å²) in [7, 11) is 5.84. The van der Waals surface area contributed by atoms with Gasteiger partial charge < -0.3 is 8.85 Å². The molecule has 0 bridgehead atoms. The summed E-state index contributed by atoms with van der Waals surface area (Å²) in [5, 5.41) is 0. The van der Waals surface area contributed by atoms with Gasteiger partial charge in [0.1, 0.15) is 11.5 Å². The van der Waals surface area contributed by atoms with Crippen LogP contribution in [0.1, 0.15) is 15.9 Å². The predicted octanol–water partition coefficient (Wildman–Crippen LogP) is 1.84. The zero-order chi connectivity index (χ0) is 13.0. The average Bonchev–Trinajstić information content (AvgIpc) is 2.46. The molecular weight excluding hydrogens is 260 g/mol. The van der Waals surface area contributed by atoms with E-state index < -0.39 is 0 Å². The average molecular weight is 268 g/mol. The van der Waals surface area contributed by atoms with Gasteiger partial charge in [-0.15, -0.1) is 0 Å². The lowest BCUT2D eigenvalue weighted by molar-refractivity contribution is 0.103. The van der Waals surface area contributed by atoms with Crippen LogP contribution in [0.15, 0.2) is 48.5 Å². The Bertz CT molecular complexity index is 555. The predicted molar refractivity (Wildman–Crippen MR) is 69.1 cm³/mol. The summed E-state index contributed by atoms with van der Waals surface area (Å²) in [5.74, 6) is 0.829. The van der Waals surface area contributed by atoms with E-state index in [0.29, 0.717) is 22.6 Å². The molecule has 0 unspecified atom stereocenters. The highest BCUT2D eigenvalue weighted by Gasteiger charge is 2.11. The van der Waals surface area contributed by atoms with Crippen LogP contribution >= 0.6 is 0 Å². The Hall–Kier alpha value is -1.86. The van der Waals surface area contributed by atoms with Gasteiger partial charge in [0.25, 0.3) is 0 Å². The molecule has 0 saturated heterocycles.